The molecular weight excluding hydrogens is 413 g/mol. The first-order valence-electron chi connectivity index (χ1n) is 7.07. The summed E-state index contributed by atoms with van der Waals surface area (Å²) in [6.45, 7) is 2.06. The number of hydrogen-bond acceptors (Lipinski definition) is 1. The van der Waals surface area contributed by atoms with Gasteiger partial charge >= 0.3 is 0 Å². The van der Waals surface area contributed by atoms with Crippen LogP contribution >= 0.6 is 43.5 Å². The zero-order valence-corrected chi connectivity index (χ0v) is 15.4. The smallest absolute Gasteiger partial charge is 0.0550 e. The Morgan fingerprint density at radius 3 is 2.57 bits per heavy atom. The van der Waals surface area contributed by atoms with Crippen LogP contribution in [0.15, 0.2) is 51.4 Å². The fourth-order valence-electron chi connectivity index (χ4n) is 3.10. The summed E-state index contributed by atoms with van der Waals surface area (Å²) in [5.74, 6) is 0.960. The Bertz CT molecular complexity index is 644. The van der Waals surface area contributed by atoms with E-state index in [1.54, 1.807) is 0 Å². The molecule has 2 atom stereocenters. The molecule has 4 heteroatoms. The maximum Gasteiger partial charge on any atom is 0.0550 e. The molecule has 2 unspecified atom stereocenters. The molecule has 0 saturated carbocycles. The largest absolute Gasteiger partial charge is 0.316 e. The van der Waals surface area contributed by atoms with Gasteiger partial charge in [-0.25, -0.2) is 0 Å². The van der Waals surface area contributed by atoms with Crippen LogP contribution in [0.4, 0.5) is 0 Å². The predicted molar refractivity (Wildman–Crippen MR) is 96.3 cm³/mol. The lowest BCUT2D eigenvalue weighted by Gasteiger charge is -2.33. The van der Waals surface area contributed by atoms with E-state index in [-0.39, 0.29) is 0 Å². The van der Waals surface area contributed by atoms with E-state index in [1.807, 2.05) is 0 Å². The fourth-order valence-corrected chi connectivity index (χ4v) is 4.12. The molecule has 3 rings (SSSR count). The quantitative estimate of drug-likeness (QED) is 0.643. The average molecular weight is 430 g/mol. The Labute approximate surface area is 147 Å². The Morgan fingerprint density at radius 2 is 1.81 bits per heavy atom. The van der Waals surface area contributed by atoms with Crippen LogP contribution in [0.5, 0.6) is 0 Å². The number of piperidine rings is 1. The molecule has 21 heavy (non-hydrogen) atoms. The first kappa shape index (κ1) is 15.5. The highest BCUT2D eigenvalue weighted by atomic mass is 79.9. The van der Waals surface area contributed by atoms with Gasteiger partial charge in [0.1, 0.15) is 0 Å². The molecule has 110 valence electrons. The van der Waals surface area contributed by atoms with Gasteiger partial charge < -0.3 is 5.32 Å². The topological polar surface area (TPSA) is 12.0 Å². The van der Waals surface area contributed by atoms with Crippen molar-refractivity contribution in [2.75, 3.05) is 13.1 Å². The van der Waals surface area contributed by atoms with Gasteiger partial charge in [-0.15, -0.1) is 0 Å². The van der Waals surface area contributed by atoms with E-state index in [0.29, 0.717) is 11.8 Å². The van der Waals surface area contributed by atoms with Crippen molar-refractivity contribution in [3.05, 3.63) is 67.6 Å². The van der Waals surface area contributed by atoms with Crippen molar-refractivity contribution >= 4 is 43.5 Å². The molecule has 0 aliphatic carbocycles. The van der Waals surface area contributed by atoms with Crippen LogP contribution in [-0.2, 0) is 0 Å². The Morgan fingerprint density at radius 1 is 1.00 bits per heavy atom. The number of rotatable bonds is 2. The van der Waals surface area contributed by atoms with Crippen molar-refractivity contribution in [2.24, 2.45) is 0 Å². The summed E-state index contributed by atoms with van der Waals surface area (Å²) in [6, 6.07) is 14.9. The fraction of sp³-hybridized carbons (Fsp3) is 0.294. The van der Waals surface area contributed by atoms with Crippen molar-refractivity contribution in [1.29, 1.82) is 0 Å². The van der Waals surface area contributed by atoms with Crippen LogP contribution < -0.4 is 5.32 Å². The third-order valence-electron chi connectivity index (χ3n) is 4.16. The van der Waals surface area contributed by atoms with E-state index in [4.69, 9.17) is 11.6 Å². The predicted octanol–water partition coefficient (Wildman–Crippen LogP) is 5.73. The van der Waals surface area contributed by atoms with E-state index in [1.165, 1.54) is 15.6 Å². The van der Waals surface area contributed by atoms with Gasteiger partial charge in [0.05, 0.1) is 5.02 Å². The maximum absolute atomic E-state index is 6.29. The first-order chi connectivity index (χ1) is 10.2. The SMILES string of the molecule is Clc1cc(C2CCNCC2c2ccccc2Br)ccc1Br. The molecule has 0 bridgehead atoms. The summed E-state index contributed by atoms with van der Waals surface area (Å²) in [6.07, 6.45) is 1.13. The molecule has 1 aliphatic rings. The molecule has 1 saturated heterocycles. The van der Waals surface area contributed by atoms with Crippen LogP contribution in [0.2, 0.25) is 5.02 Å². The van der Waals surface area contributed by atoms with Crippen LogP contribution in [0.1, 0.15) is 29.4 Å². The molecule has 1 fully saturated rings. The second-order valence-electron chi connectivity index (χ2n) is 5.40. The van der Waals surface area contributed by atoms with Gasteiger partial charge in [-0.2, -0.15) is 0 Å². The second-order valence-corrected chi connectivity index (χ2v) is 7.52. The van der Waals surface area contributed by atoms with Gasteiger partial charge in [0.25, 0.3) is 0 Å². The summed E-state index contributed by atoms with van der Waals surface area (Å²) in [7, 11) is 0. The minimum absolute atomic E-state index is 0.464. The Kier molecular flexibility index (Phi) is 5.05. The van der Waals surface area contributed by atoms with E-state index in [9.17, 15) is 0 Å². The van der Waals surface area contributed by atoms with Gasteiger partial charge in [0, 0.05) is 21.4 Å². The standard InChI is InChI=1S/C17H16Br2ClN/c18-15-4-2-1-3-13(15)14-10-21-8-7-12(14)11-5-6-16(19)17(20)9-11/h1-6,9,12,14,21H,7-8,10H2. The first-order valence-corrected chi connectivity index (χ1v) is 9.03. The highest BCUT2D eigenvalue weighted by Gasteiger charge is 2.29. The van der Waals surface area contributed by atoms with Gasteiger partial charge in [-0.3, -0.25) is 0 Å². The van der Waals surface area contributed by atoms with Crippen LogP contribution in [0.25, 0.3) is 0 Å². The summed E-state index contributed by atoms with van der Waals surface area (Å²) in [5.41, 5.74) is 2.69. The summed E-state index contributed by atoms with van der Waals surface area (Å²) in [5, 5.41) is 4.31. The highest BCUT2D eigenvalue weighted by molar-refractivity contribution is 9.10. The Balaban J connectivity index is 1.98. The zero-order valence-electron chi connectivity index (χ0n) is 11.5. The molecule has 1 heterocycles. The summed E-state index contributed by atoms with van der Waals surface area (Å²) in [4.78, 5) is 0. The van der Waals surface area contributed by atoms with Gasteiger partial charge in [-0.1, -0.05) is 51.8 Å². The monoisotopic (exact) mass is 427 g/mol. The lowest BCUT2D eigenvalue weighted by Crippen LogP contribution is -2.34. The van der Waals surface area contributed by atoms with Crippen LogP contribution in [0, 0.1) is 0 Å². The van der Waals surface area contributed by atoms with Crippen LogP contribution in [0.3, 0.4) is 0 Å². The van der Waals surface area contributed by atoms with Crippen molar-refractivity contribution < 1.29 is 0 Å². The van der Waals surface area contributed by atoms with Crippen LogP contribution in [-0.4, -0.2) is 13.1 Å². The van der Waals surface area contributed by atoms with E-state index in [2.05, 4.69) is 79.6 Å². The number of hydrogen-bond donors (Lipinski definition) is 1. The molecule has 0 spiro atoms. The number of halogens is 3. The molecule has 0 amide bonds. The summed E-state index contributed by atoms with van der Waals surface area (Å²) >= 11 is 13.5. The molecule has 2 aromatic carbocycles. The maximum atomic E-state index is 6.29. The number of nitrogens with one attached hydrogen (secondary N) is 1. The average Bonchev–Trinajstić information content (AvgIpc) is 2.51. The second kappa shape index (κ2) is 6.82. The lowest BCUT2D eigenvalue weighted by molar-refractivity contribution is 0.403. The van der Waals surface area contributed by atoms with Crippen molar-refractivity contribution in [1.82, 2.24) is 5.32 Å². The minimum atomic E-state index is 0.464. The third-order valence-corrected chi connectivity index (χ3v) is 6.11. The lowest BCUT2D eigenvalue weighted by atomic mass is 9.77. The van der Waals surface area contributed by atoms with E-state index < -0.39 is 0 Å². The third kappa shape index (κ3) is 3.37. The minimum Gasteiger partial charge on any atom is -0.316 e. The van der Waals surface area contributed by atoms with E-state index >= 15 is 0 Å². The van der Waals surface area contributed by atoms with Gasteiger partial charge in [-0.05, 0) is 64.1 Å². The molecular formula is C17H16Br2ClN. The van der Waals surface area contributed by atoms with Gasteiger partial charge in [0.15, 0.2) is 0 Å². The molecule has 0 radical (unpaired) electrons. The highest BCUT2D eigenvalue weighted by Crippen LogP contribution is 2.41. The van der Waals surface area contributed by atoms with E-state index in [0.717, 1.165) is 29.0 Å². The van der Waals surface area contributed by atoms with Gasteiger partial charge in [0.2, 0.25) is 0 Å². The van der Waals surface area contributed by atoms with Crippen molar-refractivity contribution in [2.45, 2.75) is 18.3 Å². The molecule has 0 aromatic heterocycles. The zero-order chi connectivity index (χ0) is 14.8. The summed E-state index contributed by atoms with van der Waals surface area (Å²) < 4.78 is 2.14. The van der Waals surface area contributed by atoms with Crippen molar-refractivity contribution in [3.8, 4) is 0 Å². The normalized spacial score (nSPS) is 22.2. The molecule has 1 nitrogen and oxygen atoms in total. The molecule has 1 aliphatic heterocycles. The number of benzene rings is 2. The van der Waals surface area contributed by atoms with Crippen molar-refractivity contribution in [3.63, 3.8) is 0 Å². The molecule has 2 aromatic rings. The Hall–Kier alpha value is -0.350. The molecule has 1 N–H and O–H groups in total.